The Morgan fingerprint density at radius 2 is 1.94 bits per heavy atom. The van der Waals surface area contributed by atoms with E-state index in [2.05, 4.69) is 9.98 Å². The zero-order valence-electron chi connectivity index (χ0n) is 9.51. The Labute approximate surface area is 108 Å². The van der Waals surface area contributed by atoms with Crippen molar-refractivity contribution < 1.29 is 9.90 Å². The third-order valence-corrected chi connectivity index (χ3v) is 2.39. The number of carboxylic acids is 1. The van der Waals surface area contributed by atoms with Gasteiger partial charge in [-0.05, 0) is 24.6 Å². The summed E-state index contributed by atoms with van der Waals surface area (Å²) in [6.45, 7) is 1.68. The van der Waals surface area contributed by atoms with Gasteiger partial charge in [0.1, 0.15) is 0 Å². The first-order valence-electron chi connectivity index (χ1n) is 4.78. The molecule has 1 aromatic rings. The SMILES string of the molecule is Cc1cc(C(=O)O)c(N=C(N)N=C(N)N)cc1Cl. The summed E-state index contributed by atoms with van der Waals surface area (Å²) in [4.78, 5) is 18.3. The van der Waals surface area contributed by atoms with Crippen LogP contribution in [0, 0.1) is 6.92 Å². The van der Waals surface area contributed by atoms with Gasteiger partial charge in [-0.25, -0.2) is 9.79 Å². The fourth-order valence-electron chi connectivity index (χ4n) is 1.22. The van der Waals surface area contributed by atoms with Crippen LogP contribution >= 0.6 is 11.6 Å². The van der Waals surface area contributed by atoms with Crippen LogP contribution in [-0.2, 0) is 0 Å². The second-order valence-corrected chi connectivity index (χ2v) is 3.84. The maximum absolute atomic E-state index is 11.1. The van der Waals surface area contributed by atoms with Gasteiger partial charge < -0.3 is 22.3 Å². The molecule has 1 rings (SSSR count). The maximum Gasteiger partial charge on any atom is 0.337 e. The van der Waals surface area contributed by atoms with Gasteiger partial charge >= 0.3 is 5.97 Å². The summed E-state index contributed by atoms with van der Waals surface area (Å²) in [7, 11) is 0. The van der Waals surface area contributed by atoms with E-state index in [0.717, 1.165) is 0 Å². The van der Waals surface area contributed by atoms with Crippen LogP contribution in [-0.4, -0.2) is 23.0 Å². The molecule has 8 heteroatoms. The summed E-state index contributed by atoms with van der Waals surface area (Å²) in [5, 5.41) is 9.41. The topological polar surface area (TPSA) is 140 Å². The molecule has 0 fully saturated rings. The fraction of sp³-hybridized carbons (Fsp3) is 0.100. The molecule has 0 aliphatic heterocycles. The molecule has 18 heavy (non-hydrogen) atoms. The van der Waals surface area contributed by atoms with Gasteiger partial charge in [0.05, 0.1) is 11.3 Å². The number of aromatic carboxylic acids is 1. The van der Waals surface area contributed by atoms with Crippen molar-refractivity contribution in [2.24, 2.45) is 27.2 Å². The average molecular weight is 270 g/mol. The molecule has 0 radical (unpaired) electrons. The lowest BCUT2D eigenvalue weighted by molar-refractivity contribution is 0.0698. The zero-order valence-corrected chi connectivity index (χ0v) is 10.3. The summed E-state index contributed by atoms with van der Waals surface area (Å²) in [6.07, 6.45) is 0. The van der Waals surface area contributed by atoms with Gasteiger partial charge in [-0.3, -0.25) is 0 Å². The Morgan fingerprint density at radius 1 is 1.33 bits per heavy atom. The Balaban J connectivity index is 3.36. The molecule has 0 saturated carbocycles. The van der Waals surface area contributed by atoms with Crippen LogP contribution < -0.4 is 17.2 Å². The standard InChI is InChI=1S/C10H12ClN5O2/c1-4-2-5(8(17)18)7(3-6(4)11)15-10(14)16-9(12)13/h2-3H,1H3,(H,17,18)(H6,12,13,14,15,16). The van der Waals surface area contributed by atoms with E-state index in [1.54, 1.807) is 6.92 Å². The van der Waals surface area contributed by atoms with Gasteiger partial charge in [0.15, 0.2) is 5.96 Å². The molecule has 1 aromatic carbocycles. The minimum atomic E-state index is -1.15. The predicted molar refractivity (Wildman–Crippen MR) is 70.2 cm³/mol. The van der Waals surface area contributed by atoms with Crippen LogP contribution in [0.15, 0.2) is 22.1 Å². The van der Waals surface area contributed by atoms with E-state index >= 15 is 0 Å². The molecule has 0 unspecified atom stereocenters. The number of aliphatic imine (C=N–C) groups is 2. The first-order chi connectivity index (χ1) is 8.31. The van der Waals surface area contributed by atoms with E-state index in [9.17, 15) is 4.79 Å². The van der Waals surface area contributed by atoms with Crippen molar-refractivity contribution in [1.29, 1.82) is 0 Å². The van der Waals surface area contributed by atoms with Crippen molar-refractivity contribution in [2.75, 3.05) is 0 Å². The molecule has 7 N–H and O–H groups in total. The monoisotopic (exact) mass is 269 g/mol. The number of rotatable bonds is 2. The number of nitrogens with two attached hydrogens (primary N) is 3. The van der Waals surface area contributed by atoms with Crippen molar-refractivity contribution >= 4 is 35.2 Å². The van der Waals surface area contributed by atoms with Crippen LogP contribution in [0.5, 0.6) is 0 Å². The number of hydrogen-bond acceptors (Lipinski definition) is 2. The van der Waals surface area contributed by atoms with Gasteiger partial charge in [0.2, 0.25) is 5.96 Å². The lowest BCUT2D eigenvalue weighted by Gasteiger charge is -2.05. The first-order valence-corrected chi connectivity index (χ1v) is 5.16. The van der Waals surface area contributed by atoms with Crippen LogP contribution in [0.1, 0.15) is 15.9 Å². The molecular formula is C10H12ClN5O2. The fourth-order valence-corrected chi connectivity index (χ4v) is 1.37. The van der Waals surface area contributed by atoms with Crippen LogP contribution in [0.25, 0.3) is 0 Å². The van der Waals surface area contributed by atoms with Crippen LogP contribution in [0.4, 0.5) is 5.69 Å². The third kappa shape index (κ3) is 3.36. The number of hydrogen-bond donors (Lipinski definition) is 4. The van der Waals surface area contributed by atoms with E-state index in [1.807, 2.05) is 0 Å². The Morgan fingerprint density at radius 3 is 2.44 bits per heavy atom. The summed E-state index contributed by atoms with van der Waals surface area (Å²) in [6, 6.07) is 2.78. The minimum absolute atomic E-state index is 0.0364. The number of carboxylic acid groups (broad SMARTS) is 1. The predicted octanol–water partition coefficient (Wildman–Crippen LogP) is 0.566. The number of carbonyl (C=O) groups is 1. The molecule has 0 aliphatic carbocycles. The second-order valence-electron chi connectivity index (χ2n) is 3.43. The maximum atomic E-state index is 11.1. The Bertz CT molecular complexity index is 549. The number of nitrogens with zero attached hydrogens (tertiary/aromatic N) is 2. The summed E-state index contributed by atoms with van der Waals surface area (Å²) in [5.41, 5.74) is 16.3. The molecule has 0 amide bonds. The van der Waals surface area contributed by atoms with Gasteiger partial charge in [-0.1, -0.05) is 11.6 Å². The molecule has 0 aliphatic rings. The van der Waals surface area contributed by atoms with Gasteiger partial charge in [-0.2, -0.15) is 4.99 Å². The second kappa shape index (κ2) is 5.37. The molecule has 7 nitrogen and oxygen atoms in total. The molecule has 0 bridgehead atoms. The van der Waals surface area contributed by atoms with Gasteiger partial charge in [0.25, 0.3) is 0 Å². The summed E-state index contributed by atoms with van der Waals surface area (Å²) >= 11 is 5.89. The molecule has 0 heterocycles. The third-order valence-electron chi connectivity index (χ3n) is 1.99. The van der Waals surface area contributed by atoms with E-state index in [0.29, 0.717) is 10.6 Å². The van der Waals surface area contributed by atoms with Crippen molar-refractivity contribution in [3.05, 3.63) is 28.3 Å². The number of aryl methyl sites for hydroxylation is 1. The number of halogens is 1. The number of guanidine groups is 2. The van der Waals surface area contributed by atoms with Crippen molar-refractivity contribution in [2.45, 2.75) is 6.92 Å². The number of benzene rings is 1. The normalized spacial score (nSPS) is 11.1. The van der Waals surface area contributed by atoms with Crippen LogP contribution in [0.3, 0.4) is 0 Å². The quantitative estimate of drug-likeness (QED) is 0.459. The molecular weight excluding hydrogens is 258 g/mol. The Hall–Kier alpha value is -2.28. The minimum Gasteiger partial charge on any atom is -0.478 e. The smallest absolute Gasteiger partial charge is 0.337 e. The van der Waals surface area contributed by atoms with E-state index in [-0.39, 0.29) is 23.2 Å². The highest BCUT2D eigenvalue weighted by Gasteiger charge is 2.12. The van der Waals surface area contributed by atoms with Crippen molar-refractivity contribution in [3.63, 3.8) is 0 Å². The zero-order chi connectivity index (χ0) is 13.9. The van der Waals surface area contributed by atoms with E-state index in [4.69, 9.17) is 33.9 Å². The summed E-state index contributed by atoms with van der Waals surface area (Å²) in [5.74, 6) is -1.67. The molecule has 96 valence electrons. The van der Waals surface area contributed by atoms with Crippen molar-refractivity contribution in [3.8, 4) is 0 Å². The average Bonchev–Trinajstić information content (AvgIpc) is 2.21. The van der Waals surface area contributed by atoms with Crippen molar-refractivity contribution in [1.82, 2.24) is 0 Å². The van der Waals surface area contributed by atoms with Crippen LogP contribution in [0.2, 0.25) is 5.02 Å². The van der Waals surface area contributed by atoms with Gasteiger partial charge in [-0.15, -0.1) is 0 Å². The Kier molecular flexibility index (Phi) is 4.11. The highest BCUT2D eigenvalue weighted by molar-refractivity contribution is 6.31. The van der Waals surface area contributed by atoms with E-state index < -0.39 is 5.97 Å². The largest absolute Gasteiger partial charge is 0.478 e. The molecule has 0 saturated heterocycles. The first kappa shape index (κ1) is 13.8. The summed E-state index contributed by atoms with van der Waals surface area (Å²) < 4.78 is 0. The molecule has 0 aromatic heterocycles. The lowest BCUT2D eigenvalue weighted by Crippen LogP contribution is -2.26. The highest BCUT2D eigenvalue weighted by Crippen LogP contribution is 2.27. The van der Waals surface area contributed by atoms with E-state index in [1.165, 1.54) is 12.1 Å². The molecule has 0 spiro atoms. The van der Waals surface area contributed by atoms with Gasteiger partial charge in [0, 0.05) is 5.02 Å². The molecule has 0 atom stereocenters. The highest BCUT2D eigenvalue weighted by atomic mass is 35.5. The lowest BCUT2D eigenvalue weighted by atomic mass is 10.1.